The lowest BCUT2D eigenvalue weighted by Crippen LogP contribution is -2.35. The number of carbonyl (C=O) groups excluding carboxylic acids is 3. The first-order valence-electron chi connectivity index (χ1n) is 8.59. The number of amides is 2. The predicted molar refractivity (Wildman–Crippen MR) is 110 cm³/mol. The second-order valence-corrected chi connectivity index (χ2v) is 6.95. The summed E-state index contributed by atoms with van der Waals surface area (Å²) in [4.78, 5) is 35.7. The van der Waals surface area contributed by atoms with Gasteiger partial charge in [0.05, 0.1) is 25.8 Å². The number of benzene rings is 2. The van der Waals surface area contributed by atoms with Crippen molar-refractivity contribution in [1.29, 1.82) is 0 Å². The Bertz CT molecular complexity index is 918. The fourth-order valence-electron chi connectivity index (χ4n) is 2.36. The Morgan fingerprint density at radius 1 is 1.03 bits per heavy atom. The molecule has 0 unspecified atom stereocenters. The van der Waals surface area contributed by atoms with Crippen LogP contribution in [-0.4, -0.2) is 38.0 Å². The van der Waals surface area contributed by atoms with E-state index in [1.54, 1.807) is 24.3 Å². The van der Waals surface area contributed by atoms with Gasteiger partial charge in [0, 0.05) is 10.0 Å². The number of carbonyl (C=O) groups is 3. The minimum Gasteiger partial charge on any atom is -0.495 e. The number of anilines is 1. The van der Waals surface area contributed by atoms with Gasteiger partial charge in [0.2, 0.25) is 5.91 Å². The molecule has 2 N–H and O–H groups in total. The Morgan fingerprint density at radius 3 is 2.48 bits per heavy atom. The van der Waals surface area contributed by atoms with E-state index in [1.807, 2.05) is 13.0 Å². The number of halogens is 2. The molecule has 0 saturated heterocycles. The molecular weight excluding hydrogens is 419 g/mol. The van der Waals surface area contributed by atoms with E-state index >= 15 is 0 Å². The Kier molecular flexibility index (Phi) is 8.30. The van der Waals surface area contributed by atoms with E-state index in [0.29, 0.717) is 27.0 Å². The summed E-state index contributed by atoms with van der Waals surface area (Å²) in [6, 6.07) is 10.1. The lowest BCUT2D eigenvalue weighted by atomic mass is 10.1. The minimum absolute atomic E-state index is 0.100. The maximum atomic E-state index is 12.0. The zero-order valence-corrected chi connectivity index (χ0v) is 17.4. The molecule has 29 heavy (non-hydrogen) atoms. The maximum absolute atomic E-state index is 12.0. The largest absolute Gasteiger partial charge is 0.495 e. The van der Waals surface area contributed by atoms with Crippen LogP contribution in [-0.2, 0) is 25.5 Å². The van der Waals surface area contributed by atoms with Crippen molar-refractivity contribution < 1.29 is 23.9 Å². The first-order chi connectivity index (χ1) is 13.8. The fraction of sp³-hybridized carbons (Fsp3) is 0.250. The van der Waals surface area contributed by atoms with Crippen molar-refractivity contribution >= 4 is 46.7 Å². The Hall–Kier alpha value is -2.77. The fourth-order valence-corrected chi connectivity index (χ4v) is 2.84. The summed E-state index contributed by atoms with van der Waals surface area (Å²) >= 11 is 11.8. The van der Waals surface area contributed by atoms with Crippen LogP contribution in [0.1, 0.15) is 11.1 Å². The molecule has 0 atom stereocenters. The molecule has 2 amide bonds. The summed E-state index contributed by atoms with van der Waals surface area (Å²) in [6.07, 6.45) is -0.100. The molecule has 0 fully saturated rings. The molecule has 0 aliphatic rings. The third-order valence-electron chi connectivity index (χ3n) is 3.79. The molecule has 154 valence electrons. The van der Waals surface area contributed by atoms with Crippen molar-refractivity contribution in [1.82, 2.24) is 5.32 Å². The van der Waals surface area contributed by atoms with Gasteiger partial charge >= 0.3 is 5.97 Å². The number of aryl methyl sites for hydroxylation is 1. The maximum Gasteiger partial charge on any atom is 0.310 e. The van der Waals surface area contributed by atoms with Crippen molar-refractivity contribution in [3.8, 4) is 5.75 Å². The molecule has 2 aromatic rings. The van der Waals surface area contributed by atoms with E-state index in [1.165, 1.54) is 13.2 Å². The Morgan fingerprint density at radius 2 is 1.79 bits per heavy atom. The third kappa shape index (κ3) is 7.29. The van der Waals surface area contributed by atoms with Gasteiger partial charge in [0.25, 0.3) is 5.91 Å². The molecule has 0 heterocycles. The lowest BCUT2D eigenvalue weighted by Gasteiger charge is -2.11. The molecule has 0 bridgehead atoms. The number of ether oxygens (including phenoxy) is 2. The van der Waals surface area contributed by atoms with Gasteiger partial charge in [-0.3, -0.25) is 14.4 Å². The number of methoxy groups -OCH3 is 1. The predicted octanol–water partition coefficient (Wildman–Crippen LogP) is 3.15. The summed E-state index contributed by atoms with van der Waals surface area (Å²) < 4.78 is 10.1. The summed E-state index contributed by atoms with van der Waals surface area (Å²) in [7, 11) is 1.49. The zero-order valence-electron chi connectivity index (χ0n) is 15.9. The van der Waals surface area contributed by atoms with Crippen LogP contribution in [0.15, 0.2) is 36.4 Å². The molecule has 0 spiro atoms. The zero-order chi connectivity index (χ0) is 21.4. The van der Waals surface area contributed by atoms with Gasteiger partial charge in [0.1, 0.15) is 5.75 Å². The van der Waals surface area contributed by atoms with Gasteiger partial charge in [-0.15, -0.1) is 0 Å². The van der Waals surface area contributed by atoms with Crippen LogP contribution in [0.4, 0.5) is 5.69 Å². The number of nitrogens with one attached hydrogen (secondary N) is 2. The Balaban J connectivity index is 1.76. The number of rotatable bonds is 8. The summed E-state index contributed by atoms with van der Waals surface area (Å²) in [6.45, 7) is 1.09. The van der Waals surface area contributed by atoms with Crippen LogP contribution in [0.25, 0.3) is 0 Å². The van der Waals surface area contributed by atoms with E-state index in [4.69, 9.17) is 32.7 Å². The van der Waals surface area contributed by atoms with Gasteiger partial charge in [0.15, 0.2) is 6.61 Å². The van der Waals surface area contributed by atoms with Crippen molar-refractivity contribution in [3.63, 3.8) is 0 Å². The number of hydrogen-bond acceptors (Lipinski definition) is 5. The van der Waals surface area contributed by atoms with E-state index in [2.05, 4.69) is 10.6 Å². The highest BCUT2D eigenvalue weighted by Gasteiger charge is 2.13. The summed E-state index contributed by atoms with van der Waals surface area (Å²) in [5, 5.41) is 5.82. The Labute approximate surface area is 178 Å². The molecular formula is C20H20Cl2N2O5. The second-order valence-electron chi connectivity index (χ2n) is 6.10. The highest BCUT2D eigenvalue weighted by molar-refractivity contribution is 6.35. The van der Waals surface area contributed by atoms with Crippen LogP contribution in [0, 0.1) is 6.92 Å². The van der Waals surface area contributed by atoms with Crippen molar-refractivity contribution in [2.24, 2.45) is 0 Å². The highest BCUT2D eigenvalue weighted by Crippen LogP contribution is 2.25. The van der Waals surface area contributed by atoms with Crippen LogP contribution in [0.3, 0.4) is 0 Å². The van der Waals surface area contributed by atoms with E-state index in [-0.39, 0.29) is 13.0 Å². The lowest BCUT2D eigenvalue weighted by molar-refractivity contribution is -0.147. The summed E-state index contributed by atoms with van der Waals surface area (Å²) in [5.41, 5.74) is 1.98. The van der Waals surface area contributed by atoms with Gasteiger partial charge in [-0.2, -0.15) is 0 Å². The highest BCUT2D eigenvalue weighted by atomic mass is 35.5. The smallest absolute Gasteiger partial charge is 0.310 e. The van der Waals surface area contributed by atoms with Crippen molar-refractivity contribution in [3.05, 3.63) is 57.6 Å². The molecule has 0 aliphatic carbocycles. The molecule has 0 aliphatic heterocycles. The van der Waals surface area contributed by atoms with Gasteiger partial charge in [-0.1, -0.05) is 35.3 Å². The first kappa shape index (κ1) is 22.5. The van der Waals surface area contributed by atoms with E-state index in [0.717, 1.165) is 5.56 Å². The minimum atomic E-state index is -0.627. The third-order valence-corrected chi connectivity index (χ3v) is 4.38. The topological polar surface area (TPSA) is 93.7 Å². The monoisotopic (exact) mass is 438 g/mol. The molecule has 0 aromatic heterocycles. The van der Waals surface area contributed by atoms with Gasteiger partial charge in [-0.05, 0) is 42.3 Å². The quantitative estimate of drug-likeness (QED) is 0.617. The molecule has 0 radical (unpaired) electrons. The normalized spacial score (nSPS) is 10.2. The second kappa shape index (κ2) is 10.7. The van der Waals surface area contributed by atoms with Crippen molar-refractivity contribution in [2.45, 2.75) is 13.3 Å². The summed E-state index contributed by atoms with van der Waals surface area (Å²) in [5.74, 6) is -1.17. The number of esters is 1. The van der Waals surface area contributed by atoms with E-state index < -0.39 is 24.4 Å². The van der Waals surface area contributed by atoms with Crippen LogP contribution < -0.4 is 15.4 Å². The number of hydrogen-bond donors (Lipinski definition) is 2. The SMILES string of the molecule is COc1ccc(C)cc1NC(=O)CNC(=O)COC(=O)Cc1ccc(Cl)cc1Cl. The average molecular weight is 439 g/mol. The molecule has 2 rings (SSSR count). The average Bonchev–Trinajstić information content (AvgIpc) is 2.67. The van der Waals surface area contributed by atoms with Crippen LogP contribution in [0.2, 0.25) is 10.0 Å². The van der Waals surface area contributed by atoms with Crippen molar-refractivity contribution in [2.75, 3.05) is 25.6 Å². The molecule has 0 saturated carbocycles. The van der Waals surface area contributed by atoms with E-state index in [9.17, 15) is 14.4 Å². The first-order valence-corrected chi connectivity index (χ1v) is 9.35. The van der Waals surface area contributed by atoms with Gasteiger partial charge < -0.3 is 20.1 Å². The molecule has 7 nitrogen and oxygen atoms in total. The molecule has 2 aromatic carbocycles. The van der Waals surface area contributed by atoms with Gasteiger partial charge in [-0.25, -0.2) is 0 Å². The molecule has 9 heteroatoms. The van der Waals surface area contributed by atoms with Crippen LogP contribution in [0.5, 0.6) is 5.75 Å². The van der Waals surface area contributed by atoms with Crippen LogP contribution >= 0.6 is 23.2 Å². The standard InChI is InChI=1S/C20H20Cl2N2O5/c1-12-3-6-17(28-2)16(7-12)24-18(25)10-23-19(26)11-29-20(27)8-13-4-5-14(21)9-15(13)22/h3-7,9H,8,10-11H2,1-2H3,(H,23,26)(H,24,25).